The molecule has 5 heteroatoms. The van der Waals surface area contributed by atoms with Gasteiger partial charge in [-0.25, -0.2) is 4.79 Å². The first-order valence-corrected chi connectivity index (χ1v) is 5.15. The molecule has 0 aromatic carbocycles. The van der Waals surface area contributed by atoms with Gasteiger partial charge in [-0.3, -0.25) is 14.3 Å². The predicted molar refractivity (Wildman–Crippen MR) is 59.1 cm³/mol. The zero-order valence-electron chi connectivity index (χ0n) is 8.85. The fourth-order valence-corrected chi connectivity index (χ4v) is 2.04. The van der Waals surface area contributed by atoms with E-state index in [4.69, 9.17) is 5.11 Å². The van der Waals surface area contributed by atoms with Gasteiger partial charge in [0.1, 0.15) is 0 Å². The fourth-order valence-electron chi connectivity index (χ4n) is 2.04. The van der Waals surface area contributed by atoms with Crippen LogP contribution in [-0.2, 0) is 6.54 Å². The van der Waals surface area contributed by atoms with Crippen molar-refractivity contribution in [3.63, 3.8) is 0 Å². The van der Waals surface area contributed by atoms with Gasteiger partial charge in [0.05, 0.1) is 0 Å². The number of nitrogens with one attached hydrogen (secondary N) is 1. The minimum Gasteiger partial charge on any atom is -0.396 e. The highest BCUT2D eigenvalue weighted by Gasteiger charge is 2.51. The molecule has 16 heavy (non-hydrogen) atoms. The molecule has 1 aliphatic carbocycles. The summed E-state index contributed by atoms with van der Waals surface area (Å²) in [6.45, 7) is 4.30. The second-order valence-corrected chi connectivity index (χ2v) is 4.26. The van der Waals surface area contributed by atoms with E-state index in [0.29, 0.717) is 6.54 Å². The number of aromatic nitrogens is 2. The van der Waals surface area contributed by atoms with Crippen LogP contribution < -0.4 is 11.2 Å². The summed E-state index contributed by atoms with van der Waals surface area (Å²) in [6.07, 6.45) is 4.09. The largest absolute Gasteiger partial charge is 0.396 e. The van der Waals surface area contributed by atoms with E-state index in [-0.39, 0.29) is 17.9 Å². The zero-order chi connectivity index (χ0) is 11.8. The van der Waals surface area contributed by atoms with E-state index >= 15 is 0 Å². The topological polar surface area (TPSA) is 75.1 Å². The number of hydrogen-bond acceptors (Lipinski definition) is 3. The van der Waals surface area contributed by atoms with Gasteiger partial charge < -0.3 is 5.11 Å². The number of aliphatic hydroxyl groups is 1. The molecule has 0 spiro atoms. The van der Waals surface area contributed by atoms with Gasteiger partial charge in [-0.15, -0.1) is 6.58 Å². The van der Waals surface area contributed by atoms with E-state index in [2.05, 4.69) is 11.6 Å². The molecule has 0 amide bonds. The summed E-state index contributed by atoms with van der Waals surface area (Å²) >= 11 is 0. The van der Waals surface area contributed by atoms with Gasteiger partial charge in [-0.1, -0.05) is 6.08 Å². The third kappa shape index (κ3) is 1.74. The lowest BCUT2D eigenvalue weighted by molar-refractivity contribution is 0.253. The van der Waals surface area contributed by atoms with Gasteiger partial charge in [0.2, 0.25) is 0 Å². The Morgan fingerprint density at radius 3 is 2.94 bits per heavy atom. The van der Waals surface area contributed by atoms with Gasteiger partial charge in [-0.2, -0.15) is 0 Å². The van der Waals surface area contributed by atoms with Crippen LogP contribution in [-0.4, -0.2) is 21.3 Å². The van der Waals surface area contributed by atoms with Crippen LogP contribution in [0.25, 0.3) is 0 Å². The SMILES string of the molecule is C=C[C@@]1(Cn2ccc(=O)[nH]c2=O)C[C@H]1CO. The maximum atomic E-state index is 11.5. The number of aromatic amines is 1. The van der Waals surface area contributed by atoms with Crippen LogP contribution in [0.1, 0.15) is 6.42 Å². The highest BCUT2D eigenvalue weighted by molar-refractivity contribution is 5.12. The molecular weight excluding hydrogens is 208 g/mol. The number of H-pyrrole nitrogens is 1. The summed E-state index contributed by atoms with van der Waals surface area (Å²) in [5.41, 5.74) is -1.02. The minimum absolute atomic E-state index is 0.101. The molecule has 1 saturated carbocycles. The Hall–Kier alpha value is -1.62. The number of rotatable bonds is 4. The van der Waals surface area contributed by atoms with Crippen molar-refractivity contribution in [3.05, 3.63) is 45.8 Å². The van der Waals surface area contributed by atoms with Crippen LogP contribution in [0.15, 0.2) is 34.5 Å². The zero-order valence-corrected chi connectivity index (χ0v) is 8.85. The summed E-state index contributed by atoms with van der Waals surface area (Å²) in [6, 6.07) is 1.31. The van der Waals surface area contributed by atoms with E-state index in [1.165, 1.54) is 16.8 Å². The standard InChI is InChI=1S/C11H14N2O3/c1-2-11(5-8(11)6-14)7-13-4-3-9(15)12-10(13)16/h2-4,8,14H,1,5-7H2,(H,12,15,16)/t8-,11-/m0/s1. The molecule has 2 atom stereocenters. The molecule has 2 rings (SSSR count). The van der Waals surface area contributed by atoms with Crippen molar-refractivity contribution in [2.75, 3.05) is 6.61 Å². The second-order valence-electron chi connectivity index (χ2n) is 4.26. The maximum absolute atomic E-state index is 11.5. The van der Waals surface area contributed by atoms with Crippen LogP contribution >= 0.6 is 0 Å². The van der Waals surface area contributed by atoms with Gasteiger partial charge >= 0.3 is 5.69 Å². The van der Waals surface area contributed by atoms with Crippen molar-refractivity contribution in [2.45, 2.75) is 13.0 Å². The van der Waals surface area contributed by atoms with Crippen LogP contribution in [0.3, 0.4) is 0 Å². The third-order valence-corrected chi connectivity index (χ3v) is 3.27. The molecule has 1 aromatic heterocycles. The van der Waals surface area contributed by atoms with E-state index in [0.717, 1.165) is 6.42 Å². The Bertz CT molecular complexity index is 516. The van der Waals surface area contributed by atoms with Gasteiger partial charge in [-0.05, 0) is 12.3 Å². The first kappa shape index (κ1) is 10.9. The molecule has 0 saturated heterocycles. The Kier molecular flexibility index (Phi) is 2.55. The summed E-state index contributed by atoms with van der Waals surface area (Å²) in [5, 5.41) is 9.07. The minimum atomic E-state index is -0.419. The number of allylic oxidation sites excluding steroid dienone is 1. The second kappa shape index (κ2) is 3.75. The average Bonchev–Trinajstić information content (AvgIpc) is 2.97. The lowest BCUT2D eigenvalue weighted by atomic mass is 10.0. The van der Waals surface area contributed by atoms with Gasteiger partial charge in [0.25, 0.3) is 5.56 Å². The molecule has 2 N–H and O–H groups in total. The number of nitrogens with zero attached hydrogens (tertiary/aromatic N) is 1. The molecule has 0 aliphatic heterocycles. The monoisotopic (exact) mass is 222 g/mol. The Balaban J connectivity index is 2.25. The summed E-state index contributed by atoms with van der Waals surface area (Å²) in [7, 11) is 0. The smallest absolute Gasteiger partial charge is 0.328 e. The predicted octanol–water partition coefficient (Wildman–Crippen LogP) is -0.279. The van der Waals surface area contributed by atoms with E-state index in [1.54, 1.807) is 6.08 Å². The molecule has 1 heterocycles. The fraction of sp³-hybridized carbons (Fsp3) is 0.455. The Morgan fingerprint density at radius 1 is 1.69 bits per heavy atom. The van der Waals surface area contributed by atoms with Gasteiger partial charge in [0.15, 0.2) is 0 Å². The molecule has 5 nitrogen and oxygen atoms in total. The third-order valence-electron chi connectivity index (χ3n) is 3.27. The molecule has 1 aromatic rings. The van der Waals surface area contributed by atoms with Crippen molar-refractivity contribution in [1.82, 2.24) is 9.55 Å². The van der Waals surface area contributed by atoms with Crippen molar-refractivity contribution in [1.29, 1.82) is 0 Å². The summed E-state index contributed by atoms with van der Waals surface area (Å²) in [4.78, 5) is 24.6. The van der Waals surface area contributed by atoms with Crippen molar-refractivity contribution in [3.8, 4) is 0 Å². The van der Waals surface area contributed by atoms with Crippen molar-refractivity contribution >= 4 is 0 Å². The van der Waals surface area contributed by atoms with Gasteiger partial charge in [0, 0.05) is 30.8 Å². The summed E-state index contributed by atoms with van der Waals surface area (Å²) < 4.78 is 1.44. The van der Waals surface area contributed by atoms with Crippen LogP contribution in [0, 0.1) is 11.3 Å². The first-order valence-electron chi connectivity index (χ1n) is 5.15. The molecule has 0 unspecified atom stereocenters. The average molecular weight is 222 g/mol. The lowest BCUT2D eigenvalue weighted by Crippen LogP contribution is -2.31. The normalized spacial score (nSPS) is 27.7. The summed E-state index contributed by atoms with van der Waals surface area (Å²) in [5.74, 6) is 0.170. The Labute approximate surface area is 92.1 Å². The quantitative estimate of drug-likeness (QED) is 0.688. The molecule has 1 aliphatic rings. The molecule has 0 bridgehead atoms. The molecule has 1 fully saturated rings. The van der Waals surface area contributed by atoms with E-state index in [1.807, 2.05) is 0 Å². The first-order chi connectivity index (χ1) is 7.61. The lowest BCUT2D eigenvalue weighted by Gasteiger charge is -2.13. The number of hydrogen-bond donors (Lipinski definition) is 2. The van der Waals surface area contributed by atoms with Crippen molar-refractivity contribution < 1.29 is 5.11 Å². The highest BCUT2D eigenvalue weighted by Crippen LogP contribution is 2.54. The highest BCUT2D eigenvalue weighted by atomic mass is 16.3. The molecule has 86 valence electrons. The van der Waals surface area contributed by atoms with Crippen LogP contribution in [0.5, 0.6) is 0 Å². The Morgan fingerprint density at radius 2 is 2.44 bits per heavy atom. The van der Waals surface area contributed by atoms with E-state index in [9.17, 15) is 9.59 Å². The van der Waals surface area contributed by atoms with E-state index < -0.39 is 11.2 Å². The van der Waals surface area contributed by atoms with Crippen LogP contribution in [0.4, 0.5) is 0 Å². The van der Waals surface area contributed by atoms with Crippen molar-refractivity contribution in [2.24, 2.45) is 11.3 Å². The maximum Gasteiger partial charge on any atom is 0.328 e. The van der Waals surface area contributed by atoms with Crippen LogP contribution in [0.2, 0.25) is 0 Å². The number of aliphatic hydroxyl groups excluding tert-OH is 1. The molecule has 0 radical (unpaired) electrons. The molecular formula is C11H14N2O3.